The SMILES string of the molecule is Cc1ccc(NC(=O)N(CCC(=O)NCCc2ccccc2)C(C)c2ccccc2)cc1. The second-order valence-electron chi connectivity index (χ2n) is 7.91. The van der Waals surface area contributed by atoms with Crippen LogP contribution in [-0.2, 0) is 11.2 Å². The zero-order valence-electron chi connectivity index (χ0n) is 18.8. The highest BCUT2D eigenvalue weighted by Crippen LogP contribution is 2.22. The topological polar surface area (TPSA) is 61.4 Å². The van der Waals surface area contributed by atoms with Crippen LogP contribution in [0.15, 0.2) is 84.9 Å². The molecule has 3 aromatic rings. The van der Waals surface area contributed by atoms with Crippen molar-refractivity contribution in [3.8, 4) is 0 Å². The number of carbonyl (C=O) groups is 2. The Bertz CT molecular complexity index is 988. The molecule has 2 N–H and O–H groups in total. The number of aryl methyl sites for hydroxylation is 1. The summed E-state index contributed by atoms with van der Waals surface area (Å²) in [5.74, 6) is -0.0608. The fraction of sp³-hybridized carbons (Fsp3) is 0.259. The minimum absolute atomic E-state index is 0.0608. The molecule has 0 fully saturated rings. The molecule has 1 atom stereocenters. The Kier molecular flexibility index (Phi) is 8.44. The number of rotatable bonds is 9. The Morgan fingerprint density at radius 1 is 0.875 bits per heavy atom. The van der Waals surface area contributed by atoms with Gasteiger partial charge in [-0.1, -0.05) is 78.4 Å². The van der Waals surface area contributed by atoms with Crippen molar-refractivity contribution in [3.05, 3.63) is 102 Å². The number of nitrogens with zero attached hydrogens (tertiary/aromatic N) is 1. The zero-order chi connectivity index (χ0) is 22.8. The van der Waals surface area contributed by atoms with Crippen molar-refractivity contribution in [2.75, 3.05) is 18.4 Å². The molecule has 0 aliphatic rings. The maximum absolute atomic E-state index is 13.1. The van der Waals surface area contributed by atoms with Gasteiger partial charge in [0.1, 0.15) is 0 Å². The molecule has 32 heavy (non-hydrogen) atoms. The fourth-order valence-electron chi connectivity index (χ4n) is 3.52. The van der Waals surface area contributed by atoms with E-state index in [4.69, 9.17) is 0 Å². The van der Waals surface area contributed by atoms with Crippen LogP contribution in [-0.4, -0.2) is 29.9 Å². The van der Waals surface area contributed by atoms with E-state index in [2.05, 4.69) is 10.6 Å². The molecule has 0 heterocycles. The number of hydrogen-bond donors (Lipinski definition) is 2. The van der Waals surface area contributed by atoms with Crippen molar-refractivity contribution < 1.29 is 9.59 Å². The maximum Gasteiger partial charge on any atom is 0.322 e. The average molecular weight is 430 g/mol. The van der Waals surface area contributed by atoms with Gasteiger partial charge in [0.2, 0.25) is 5.91 Å². The summed E-state index contributed by atoms with van der Waals surface area (Å²) in [5, 5.41) is 5.93. The lowest BCUT2D eigenvalue weighted by Crippen LogP contribution is -2.40. The van der Waals surface area contributed by atoms with Crippen LogP contribution in [0.4, 0.5) is 10.5 Å². The van der Waals surface area contributed by atoms with Gasteiger partial charge in [-0.15, -0.1) is 0 Å². The van der Waals surface area contributed by atoms with E-state index in [0.29, 0.717) is 13.1 Å². The minimum Gasteiger partial charge on any atom is -0.356 e. The van der Waals surface area contributed by atoms with Crippen molar-refractivity contribution in [1.29, 1.82) is 0 Å². The summed E-state index contributed by atoms with van der Waals surface area (Å²) < 4.78 is 0. The molecule has 3 rings (SSSR count). The van der Waals surface area contributed by atoms with Gasteiger partial charge in [-0.25, -0.2) is 4.79 Å². The zero-order valence-corrected chi connectivity index (χ0v) is 18.8. The smallest absolute Gasteiger partial charge is 0.322 e. The van der Waals surface area contributed by atoms with Crippen LogP contribution in [0.1, 0.15) is 36.1 Å². The molecule has 3 amide bonds. The number of amides is 3. The van der Waals surface area contributed by atoms with E-state index in [1.54, 1.807) is 4.90 Å². The normalized spacial score (nSPS) is 11.4. The molecule has 0 saturated carbocycles. The van der Waals surface area contributed by atoms with Gasteiger partial charge in [-0.2, -0.15) is 0 Å². The summed E-state index contributed by atoms with van der Waals surface area (Å²) in [4.78, 5) is 27.3. The number of carbonyl (C=O) groups excluding carboxylic acids is 2. The molecule has 0 spiro atoms. The lowest BCUT2D eigenvalue weighted by atomic mass is 10.1. The first kappa shape index (κ1) is 23.1. The summed E-state index contributed by atoms with van der Waals surface area (Å²) in [6.07, 6.45) is 1.03. The number of benzene rings is 3. The van der Waals surface area contributed by atoms with Crippen molar-refractivity contribution >= 4 is 17.6 Å². The van der Waals surface area contributed by atoms with Crippen molar-refractivity contribution in [2.45, 2.75) is 32.7 Å². The van der Waals surface area contributed by atoms with E-state index in [1.165, 1.54) is 5.56 Å². The van der Waals surface area contributed by atoms with Crippen LogP contribution >= 0.6 is 0 Å². The molecule has 0 aliphatic heterocycles. The van der Waals surface area contributed by atoms with E-state index in [1.807, 2.05) is 98.8 Å². The number of anilines is 1. The number of nitrogens with one attached hydrogen (secondary N) is 2. The van der Waals surface area contributed by atoms with Crippen molar-refractivity contribution in [3.63, 3.8) is 0 Å². The van der Waals surface area contributed by atoms with Crippen molar-refractivity contribution in [1.82, 2.24) is 10.2 Å². The second kappa shape index (κ2) is 11.7. The third-order valence-corrected chi connectivity index (χ3v) is 5.47. The Balaban J connectivity index is 1.60. The molecule has 5 nitrogen and oxygen atoms in total. The lowest BCUT2D eigenvalue weighted by Gasteiger charge is -2.29. The molecule has 5 heteroatoms. The Hall–Kier alpha value is -3.60. The molecule has 166 valence electrons. The van der Waals surface area contributed by atoms with Gasteiger partial charge >= 0.3 is 6.03 Å². The van der Waals surface area contributed by atoms with E-state index < -0.39 is 0 Å². The Morgan fingerprint density at radius 3 is 2.16 bits per heavy atom. The molecule has 0 radical (unpaired) electrons. The third kappa shape index (κ3) is 6.98. The van der Waals surface area contributed by atoms with Crippen LogP contribution in [0, 0.1) is 6.92 Å². The van der Waals surface area contributed by atoms with Crippen LogP contribution in [0.2, 0.25) is 0 Å². The molecule has 3 aromatic carbocycles. The van der Waals surface area contributed by atoms with Gasteiger partial charge in [0.05, 0.1) is 6.04 Å². The van der Waals surface area contributed by atoms with Crippen LogP contribution in [0.5, 0.6) is 0 Å². The monoisotopic (exact) mass is 429 g/mol. The van der Waals surface area contributed by atoms with Crippen LogP contribution < -0.4 is 10.6 Å². The molecular weight excluding hydrogens is 398 g/mol. The maximum atomic E-state index is 13.1. The summed E-state index contributed by atoms with van der Waals surface area (Å²) >= 11 is 0. The van der Waals surface area contributed by atoms with E-state index >= 15 is 0 Å². The Morgan fingerprint density at radius 2 is 1.50 bits per heavy atom. The average Bonchev–Trinajstić information content (AvgIpc) is 2.82. The predicted octanol–water partition coefficient (Wildman–Crippen LogP) is 5.34. The standard InChI is InChI=1S/C27H31N3O2/c1-21-13-15-25(16-14-21)29-27(32)30(22(2)24-11-7-4-8-12-24)20-18-26(31)28-19-17-23-9-5-3-6-10-23/h3-16,22H,17-20H2,1-2H3,(H,28,31)(H,29,32). The van der Waals surface area contributed by atoms with E-state index in [0.717, 1.165) is 23.2 Å². The highest BCUT2D eigenvalue weighted by Gasteiger charge is 2.22. The van der Waals surface area contributed by atoms with Crippen LogP contribution in [0.3, 0.4) is 0 Å². The lowest BCUT2D eigenvalue weighted by molar-refractivity contribution is -0.121. The molecule has 0 saturated heterocycles. The fourth-order valence-corrected chi connectivity index (χ4v) is 3.52. The number of urea groups is 1. The van der Waals surface area contributed by atoms with Gasteiger partial charge in [-0.3, -0.25) is 4.79 Å². The quantitative estimate of drug-likeness (QED) is 0.482. The summed E-state index contributed by atoms with van der Waals surface area (Å²) in [6, 6.07) is 27.2. The summed E-state index contributed by atoms with van der Waals surface area (Å²) in [6.45, 7) is 4.89. The van der Waals surface area contributed by atoms with Gasteiger partial charge in [0.25, 0.3) is 0 Å². The molecule has 0 aliphatic carbocycles. The van der Waals surface area contributed by atoms with Gasteiger partial charge in [0.15, 0.2) is 0 Å². The first-order valence-corrected chi connectivity index (χ1v) is 11.0. The largest absolute Gasteiger partial charge is 0.356 e. The van der Waals surface area contributed by atoms with Gasteiger partial charge < -0.3 is 15.5 Å². The summed E-state index contributed by atoms with van der Waals surface area (Å²) in [5.41, 5.74) is 4.07. The molecular formula is C27H31N3O2. The molecule has 1 unspecified atom stereocenters. The Labute approximate surface area is 190 Å². The summed E-state index contributed by atoms with van der Waals surface area (Å²) in [7, 11) is 0. The first-order chi connectivity index (χ1) is 15.5. The number of hydrogen-bond acceptors (Lipinski definition) is 2. The molecule has 0 bridgehead atoms. The van der Waals surface area contributed by atoms with E-state index in [-0.39, 0.29) is 24.4 Å². The van der Waals surface area contributed by atoms with Gasteiger partial charge in [-0.05, 0) is 43.5 Å². The second-order valence-corrected chi connectivity index (χ2v) is 7.91. The third-order valence-electron chi connectivity index (χ3n) is 5.47. The highest BCUT2D eigenvalue weighted by molar-refractivity contribution is 5.90. The first-order valence-electron chi connectivity index (χ1n) is 11.0. The minimum atomic E-state index is -0.220. The van der Waals surface area contributed by atoms with Gasteiger partial charge in [0, 0.05) is 25.2 Å². The van der Waals surface area contributed by atoms with Crippen LogP contribution in [0.25, 0.3) is 0 Å². The highest BCUT2D eigenvalue weighted by atomic mass is 16.2. The predicted molar refractivity (Wildman–Crippen MR) is 130 cm³/mol. The van der Waals surface area contributed by atoms with Crippen molar-refractivity contribution in [2.24, 2.45) is 0 Å². The molecule has 0 aromatic heterocycles. The van der Waals surface area contributed by atoms with E-state index in [9.17, 15) is 9.59 Å².